The lowest BCUT2D eigenvalue weighted by atomic mass is 10.2. The number of aromatic nitrogens is 3. The van der Waals surface area contributed by atoms with Gasteiger partial charge in [0.15, 0.2) is 5.16 Å². The second-order valence-corrected chi connectivity index (χ2v) is 7.14. The van der Waals surface area contributed by atoms with E-state index in [0.29, 0.717) is 0 Å². The molecule has 5 heteroatoms. The fourth-order valence-electron chi connectivity index (χ4n) is 2.43. The molecule has 0 saturated heterocycles. The molecule has 0 unspecified atom stereocenters. The van der Waals surface area contributed by atoms with Gasteiger partial charge >= 0.3 is 0 Å². The van der Waals surface area contributed by atoms with Crippen LogP contribution < -0.4 is 0 Å². The first-order chi connectivity index (χ1) is 11.3. The van der Waals surface area contributed by atoms with E-state index in [1.807, 2.05) is 6.07 Å². The van der Waals surface area contributed by atoms with Crippen molar-refractivity contribution in [2.75, 3.05) is 0 Å². The maximum Gasteiger partial charge on any atom is 0.217 e. The average molecular weight is 337 g/mol. The van der Waals surface area contributed by atoms with Gasteiger partial charge in [-0.05, 0) is 18.1 Å². The average Bonchev–Trinajstić information content (AvgIpc) is 3.17. The van der Waals surface area contributed by atoms with Gasteiger partial charge in [0.05, 0.1) is 5.69 Å². The lowest BCUT2D eigenvalue weighted by Crippen LogP contribution is -1.90. The molecule has 4 aromatic rings. The monoisotopic (exact) mass is 337 g/mol. The molecule has 2 heterocycles. The van der Waals surface area contributed by atoms with Crippen LogP contribution in [0.3, 0.4) is 0 Å². The van der Waals surface area contributed by atoms with Crippen LogP contribution >= 0.6 is 23.1 Å². The maximum absolute atomic E-state index is 4.36. The third-order valence-electron chi connectivity index (χ3n) is 3.68. The van der Waals surface area contributed by atoms with Gasteiger partial charge in [0.1, 0.15) is 0 Å². The molecule has 4 rings (SSSR count). The van der Waals surface area contributed by atoms with E-state index in [1.165, 1.54) is 16.7 Å². The van der Waals surface area contributed by atoms with Crippen LogP contribution in [0.15, 0.2) is 65.1 Å². The summed E-state index contributed by atoms with van der Waals surface area (Å²) in [6.07, 6.45) is 0. The minimum atomic E-state index is 0.894. The Morgan fingerprint density at radius 2 is 1.78 bits per heavy atom. The van der Waals surface area contributed by atoms with Crippen LogP contribution in [-0.2, 0) is 5.75 Å². The summed E-state index contributed by atoms with van der Waals surface area (Å²) >= 11 is 3.35. The Kier molecular flexibility index (Phi) is 3.89. The van der Waals surface area contributed by atoms with Gasteiger partial charge in [-0.3, -0.25) is 4.40 Å². The minimum absolute atomic E-state index is 0.894. The number of benzene rings is 2. The largest absolute Gasteiger partial charge is 0.260 e. The Balaban J connectivity index is 1.65. The van der Waals surface area contributed by atoms with Gasteiger partial charge in [-0.2, -0.15) is 0 Å². The van der Waals surface area contributed by atoms with Crippen molar-refractivity contribution in [2.24, 2.45) is 0 Å². The standard InChI is InChI=1S/C18H15N3S2/c1-13-7-9-14(10-8-13)11-22-17-19-20-18-21(17)16(12-23-18)15-5-3-2-4-6-15/h2-10,12H,11H2,1H3. The summed E-state index contributed by atoms with van der Waals surface area (Å²) in [7, 11) is 0. The normalized spacial score (nSPS) is 11.2. The fourth-order valence-corrected chi connectivity index (χ4v) is 4.23. The van der Waals surface area contributed by atoms with Gasteiger partial charge in [-0.25, -0.2) is 0 Å². The molecule has 0 aliphatic rings. The molecule has 0 aliphatic carbocycles. The molecule has 0 atom stereocenters. The predicted octanol–water partition coefficient (Wildman–Crippen LogP) is 5.06. The number of fused-ring (bicyclic) bond motifs is 1. The second kappa shape index (κ2) is 6.18. The van der Waals surface area contributed by atoms with Crippen molar-refractivity contribution in [3.63, 3.8) is 0 Å². The number of rotatable bonds is 4. The van der Waals surface area contributed by atoms with Gasteiger partial charge in [0.25, 0.3) is 0 Å². The molecular formula is C18H15N3S2. The molecule has 0 fully saturated rings. The first kappa shape index (κ1) is 14.5. The van der Waals surface area contributed by atoms with Crippen LogP contribution in [0, 0.1) is 6.92 Å². The van der Waals surface area contributed by atoms with Gasteiger partial charge < -0.3 is 0 Å². The smallest absolute Gasteiger partial charge is 0.217 e. The van der Waals surface area contributed by atoms with Crippen molar-refractivity contribution in [1.29, 1.82) is 0 Å². The molecule has 2 aromatic carbocycles. The van der Waals surface area contributed by atoms with Gasteiger partial charge in [-0.1, -0.05) is 71.9 Å². The van der Waals surface area contributed by atoms with Crippen LogP contribution in [0.4, 0.5) is 0 Å². The van der Waals surface area contributed by atoms with Crippen LogP contribution in [0.2, 0.25) is 0 Å². The van der Waals surface area contributed by atoms with Crippen molar-refractivity contribution < 1.29 is 0 Å². The number of thioether (sulfide) groups is 1. The summed E-state index contributed by atoms with van der Waals surface area (Å²) in [6, 6.07) is 19.0. The third-order valence-corrected chi connectivity index (χ3v) is 5.49. The van der Waals surface area contributed by atoms with Crippen LogP contribution in [0.25, 0.3) is 16.2 Å². The molecule has 0 aliphatic heterocycles. The fraction of sp³-hybridized carbons (Fsp3) is 0.111. The molecule has 23 heavy (non-hydrogen) atoms. The number of hydrogen-bond donors (Lipinski definition) is 0. The summed E-state index contributed by atoms with van der Waals surface area (Å²) in [5, 5.41) is 11.8. The Morgan fingerprint density at radius 1 is 1.00 bits per heavy atom. The zero-order valence-electron chi connectivity index (χ0n) is 12.6. The van der Waals surface area contributed by atoms with Gasteiger partial charge in [0.2, 0.25) is 4.96 Å². The Morgan fingerprint density at radius 3 is 2.57 bits per heavy atom. The zero-order valence-corrected chi connectivity index (χ0v) is 14.3. The van der Waals surface area contributed by atoms with E-state index >= 15 is 0 Å². The summed E-state index contributed by atoms with van der Waals surface area (Å²) in [6.45, 7) is 2.11. The number of aryl methyl sites for hydroxylation is 1. The highest BCUT2D eigenvalue weighted by Gasteiger charge is 2.13. The Bertz CT molecular complexity index is 924. The Hall–Kier alpha value is -2.11. The van der Waals surface area contributed by atoms with Crippen LogP contribution in [0.1, 0.15) is 11.1 Å². The summed E-state index contributed by atoms with van der Waals surface area (Å²) in [5.41, 5.74) is 4.93. The molecular weight excluding hydrogens is 322 g/mol. The summed E-state index contributed by atoms with van der Waals surface area (Å²) in [4.78, 5) is 0.940. The Labute approximate surface area is 143 Å². The van der Waals surface area contributed by atoms with Crippen LogP contribution in [0.5, 0.6) is 0 Å². The molecule has 2 aromatic heterocycles. The van der Waals surface area contributed by atoms with E-state index in [9.17, 15) is 0 Å². The first-order valence-corrected chi connectivity index (χ1v) is 9.24. The van der Waals surface area contributed by atoms with Gasteiger partial charge in [0, 0.05) is 11.1 Å². The second-order valence-electron chi connectivity index (χ2n) is 5.36. The quantitative estimate of drug-likeness (QED) is 0.488. The number of thiazole rings is 1. The molecule has 114 valence electrons. The van der Waals surface area contributed by atoms with Crippen LogP contribution in [-0.4, -0.2) is 14.6 Å². The molecule has 0 N–H and O–H groups in total. The van der Waals surface area contributed by atoms with Gasteiger partial charge in [-0.15, -0.1) is 21.5 Å². The SMILES string of the molecule is Cc1ccc(CSc2nnc3scc(-c4ccccc4)n23)cc1. The molecule has 0 bridgehead atoms. The topological polar surface area (TPSA) is 30.2 Å². The van der Waals surface area contributed by atoms with Crippen molar-refractivity contribution in [2.45, 2.75) is 17.8 Å². The van der Waals surface area contributed by atoms with E-state index in [4.69, 9.17) is 0 Å². The van der Waals surface area contributed by atoms with E-state index in [0.717, 1.165) is 21.6 Å². The maximum atomic E-state index is 4.36. The van der Waals surface area contributed by atoms with E-state index < -0.39 is 0 Å². The predicted molar refractivity (Wildman–Crippen MR) is 97.0 cm³/mol. The highest BCUT2D eigenvalue weighted by Crippen LogP contribution is 2.30. The number of hydrogen-bond acceptors (Lipinski definition) is 4. The summed E-state index contributed by atoms with van der Waals surface area (Å²) < 4.78 is 2.15. The molecule has 0 saturated carbocycles. The van der Waals surface area contributed by atoms with Crippen molar-refractivity contribution in [3.05, 3.63) is 71.1 Å². The lowest BCUT2D eigenvalue weighted by Gasteiger charge is -2.03. The van der Waals surface area contributed by atoms with Crippen molar-refractivity contribution in [3.8, 4) is 11.3 Å². The highest BCUT2D eigenvalue weighted by molar-refractivity contribution is 7.98. The molecule has 0 spiro atoms. The lowest BCUT2D eigenvalue weighted by molar-refractivity contribution is 0.927. The highest BCUT2D eigenvalue weighted by atomic mass is 32.2. The van der Waals surface area contributed by atoms with E-state index in [2.05, 4.69) is 75.4 Å². The van der Waals surface area contributed by atoms with Crippen molar-refractivity contribution in [1.82, 2.24) is 14.6 Å². The molecule has 0 amide bonds. The third kappa shape index (κ3) is 2.90. The minimum Gasteiger partial charge on any atom is -0.260 e. The first-order valence-electron chi connectivity index (χ1n) is 7.37. The summed E-state index contributed by atoms with van der Waals surface area (Å²) in [5.74, 6) is 0.894. The molecule has 3 nitrogen and oxygen atoms in total. The van der Waals surface area contributed by atoms with E-state index in [1.54, 1.807) is 23.1 Å². The molecule has 0 radical (unpaired) electrons. The van der Waals surface area contributed by atoms with Crippen molar-refractivity contribution >= 4 is 28.1 Å². The van der Waals surface area contributed by atoms with E-state index in [-0.39, 0.29) is 0 Å². The zero-order chi connectivity index (χ0) is 15.6. The number of nitrogens with zero attached hydrogens (tertiary/aromatic N) is 3.